The van der Waals surface area contributed by atoms with Gasteiger partial charge in [-0.05, 0) is 248 Å². The third kappa shape index (κ3) is 21.3. The number of pyridine rings is 3. The van der Waals surface area contributed by atoms with Gasteiger partial charge in [0.05, 0.1) is 60.2 Å². The van der Waals surface area contributed by atoms with Gasteiger partial charge in [0.15, 0.2) is 0 Å². The Bertz CT molecular complexity index is 5660. The van der Waals surface area contributed by atoms with Crippen molar-refractivity contribution in [1.29, 1.82) is 0 Å². The van der Waals surface area contributed by atoms with Crippen molar-refractivity contribution in [3.63, 3.8) is 0 Å². The first-order valence-electron chi connectivity index (χ1n) is 45.3. The number of rotatable bonds is 17. The molecule has 5 fully saturated rings. The SMILES string of the molecule is O=C(Nc1cccc(Cn2ccnc2)c1)C1CN(C2c3ccc(Cl)cc3CCc3cccnc32)CCN1.O=C(Nc1cccc(Cn2ccnc2)c1)C1CN(C2c3ccc(Cl)cc3CCc3cccnc32)CCN1C(=O)OC1CCCCC1.O=C(Nc1cccc(Cn2ccnc2)c1)C1CN([C@@H]2c3ccc(Cl)cc3CCc3cccnc32)CCN1C(=O)OC1CCCCC1. The van der Waals surface area contributed by atoms with Crippen LogP contribution in [-0.4, -0.2) is 187 Å². The zero-order chi connectivity index (χ0) is 88.1. The van der Waals surface area contributed by atoms with Crippen LogP contribution in [0.1, 0.15) is 166 Å². The minimum absolute atomic E-state index is 0.0122. The Morgan fingerprint density at radius 3 is 1.09 bits per heavy atom. The molecule has 28 heteroatoms. The van der Waals surface area contributed by atoms with E-state index in [-0.39, 0.29) is 54.1 Å². The van der Waals surface area contributed by atoms with Gasteiger partial charge in [0, 0.05) is 166 Å². The van der Waals surface area contributed by atoms with E-state index in [4.69, 9.17) is 59.2 Å². The fourth-order valence-corrected chi connectivity index (χ4v) is 20.5. The summed E-state index contributed by atoms with van der Waals surface area (Å²) in [4.78, 5) is 106. The summed E-state index contributed by atoms with van der Waals surface area (Å²) in [6.45, 7) is 6.67. The number of amides is 5. The average Bonchev–Trinajstić information content (AvgIpc) is 1.66. The second kappa shape index (κ2) is 41.2. The van der Waals surface area contributed by atoms with Crippen molar-refractivity contribution < 1.29 is 33.4 Å². The molecule has 12 aromatic rings. The molecule has 0 bridgehead atoms. The molecule has 5 unspecified atom stereocenters. The van der Waals surface area contributed by atoms with Crippen molar-refractivity contribution in [3.8, 4) is 0 Å². The molecule has 25 nitrogen and oxygen atoms in total. The predicted octanol–water partition coefficient (Wildman–Crippen LogP) is 16.6. The van der Waals surface area contributed by atoms with Crippen LogP contribution in [-0.2, 0) is 82.0 Å². The average molecular weight is 1790 g/mol. The van der Waals surface area contributed by atoms with Crippen molar-refractivity contribution in [1.82, 2.24) is 73.4 Å². The molecule has 2 saturated carbocycles. The third-order valence-corrected chi connectivity index (χ3v) is 27.0. The Hall–Kier alpha value is -11.9. The van der Waals surface area contributed by atoms with Crippen molar-refractivity contribution in [3.05, 3.63) is 337 Å². The van der Waals surface area contributed by atoms with Crippen molar-refractivity contribution in [2.24, 2.45) is 0 Å². The number of piperazine rings is 3. The monoisotopic (exact) mass is 1790 g/mol. The molecule has 6 aromatic carbocycles. The number of carbonyl (C=O) groups is 5. The summed E-state index contributed by atoms with van der Waals surface area (Å²) in [5.41, 5.74) is 19.2. The van der Waals surface area contributed by atoms with E-state index >= 15 is 0 Å². The molecule has 3 aliphatic heterocycles. The Balaban J connectivity index is 0.000000131. The number of hydrogen-bond acceptors (Lipinski definition) is 17. The minimum atomic E-state index is -0.756. The van der Waals surface area contributed by atoms with Gasteiger partial charge in [0.25, 0.3) is 0 Å². The number of aromatic nitrogens is 9. The Morgan fingerprint density at radius 2 is 0.729 bits per heavy atom. The van der Waals surface area contributed by atoms with E-state index in [0.717, 1.165) is 159 Å². The lowest BCUT2D eigenvalue weighted by molar-refractivity contribution is -0.124. The van der Waals surface area contributed by atoms with E-state index < -0.39 is 24.3 Å². The Labute approximate surface area is 767 Å². The number of halogens is 3. The second-order valence-electron chi connectivity index (χ2n) is 34.9. The molecule has 9 heterocycles. The fraction of sp³-hybridized carbons (Fsp3) is 0.356. The molecule has 129 heavy (non-hydrogen) atoms. The summed E-state index contributed by atoms with van der Waals surface area (Å²) in [7, 11) is 0. The lowest BCUT2D eigenvalue weighted by Crippen LogP contribution is -2.60. The zero-order valence-electron chi connectivity index (χ0n) is 72.2. The van der Waals surface area contributed by atoms with E-state index in [9.17, 15) is 24.0 Å². The molecular weight excluding hydrogens is 1680 g/mol. The highest BCUT2D eigenvalue weighted by Gasteiger charge is 2.45. The Morgan fingerprint density at radius 1 is 0.372 bits per heavy atom. The molecule has 664 valence electrons. The van der Waals surface area contributed by atoms with Crippen LogP contribution in [0.25, 0.3) is 0 Å². The van der Waals surface area contributed by atoms with Crippen LogP contribution in [0.15, 0.2) is 239 Å². The third-order valence-electron chi connectivity index (χ3n) is 26.3. The number of imidazole rings is 3. The summed E-state index contributed by atoms with van der Waals surface area (Å²) in [6, 6.07) is 52.1. The number of ether oxygens (including phenoxy) is 2. The van der Waals surface area contributed by atoms with Crippen molar-refractivity contribution >= 4 is 81.8 Å². The van der Waals surface area contributed by atoms with E-state index in [1.54, 1.807) is 47.4 Å². The number of fused-ring (bicyclic) bond motifs is 6. The maximum absolute atomic E-state index is 14.2. The Kier molecular flexibility index (Phi) is 28.0. The van der Waals surface area contributed by atoms with Gasteiger partial charge in [0.1, 0.15) is 24.3 Å². The maximum atomic E-state index is 14.2. The molecule has 3 saturated heterocycles. The van der Waals surface area contributed by atoms with Crippen LogP contribution in [0.2, 0.25) is 15.1 Å². The van der Waals surface area contributed by atoms with Gasteiger partial charge in [-0.15, -0.1) is 0 Å². The molecule has 0 spiro atoms. The van der Waals surface area contributed by atoms with Crippen LogP contribution >= 0.6 is 34.8 Å². The number of carbonyl (C=O) groups excluding carboxylic acids is 5. The van der Waals surface area contributed by atoms with Crippen LogP contribution in [0, 0.1) is 0 Å². The summed E-state index contributed by atoms with van der Waals surface area (Å²) in [5.74, 6) is -0.511. The first-order valence-corrected chi connectivity index (χ1v) is 46.4. The van der Waals surface area contributed by atoms with Crippen molar-refractivity contribution in [2.45, 2.75) is 171 Å². The molecule has 8 aliphatic rings. The van der Waals surface area contributed by atoms with Gasteiger partial charge < -0.3 is 44.4 Å². The quantitative estimate of drug-likeness (QED) is 0.0660. The van der Waals surface area contributed by atoms with E-state index in [2.05, 4.69) is 112 Å². The maximum Gasteiger partial charge on any atom is 0.410 e. The highest BCUT2D eigenvalue weighted by molar-refractivity contribution is 6.31. The summed E-state index contributed by atoms with van der Waals surface area (Å²) < 4.78 is 18.0. The van der Waals surface area contributed by atoms with Crippen LogP contribution in [0.5, 0.6) is 0 Å². The zero-order valence-corrected chi connectivity index (χ0v) is 74.5. The molecule has 5 amide bonds. The number of hydrogen-bond donors (Lipinski definition) is 4. The molecule has 6 atom stereocenters. The van der Waals surface area contributed by atoms with Gasteiger partial charge in [-0.25, -0.2) is 24.5 Å². The number of aryl methyl sites for hydroxylation is 6. The normalized spacial score (nSPS) is 20.1. The van der Waals surface area contributed by atoms with Gasteiger partial charge in [0.2, 0.25) is 17.7 Å². The van der Waals surface area contributed by atoms with Crippen molar-refractivity contribution in [2.75, 3.05) is 74.9 Å². The number of nitrogens with one attached hydrogen (secondary N) is 4. The molecular formula is C101H107Cl3N18O7. The van der Waals surface area contributed by atoms with E-state index in [1.807, 2.05) is 154 Å². The number of benzene rings is 6. The molecule has 4 N–H and O–H groups in total. The van der Waals surface area contributed by atoms with E-state index in [0.29, 0.717) is 86.9 Å². The van der Waals surface area contributed by atoms with Gasteiger partial charge in [-0.2, -0.15) is 0 Å². The predicted molar refractivity (Wildman–Crippen MR) is 498 cm³/mol. The summed E-state index contributed by atoms with van der Waals surface area (Å²) in [5, 5.41) is 15.0. The fourth-order valence-electron chi connectivity index (χ4n) is 19.9. The molecule has 5 aliphatic carbocycles. The molecule has 6 aromatic heterocycles. The second-order valence-corrected chi connectivity index (χ2v) is 36.2. The lowest BCUT2D eigenvalue weighted by atomic mass is 9.95. The molecule has 20 rings (SSSR count). The topological polar surface area (TPSA) is 260 Å². The number of nitrogens with zero attached hydrogens (tertiary/aromatic N) is 14. The highest BCUT2D eigenvalue weighted by Crippen LogP contribution is 2.43. The first-order chi connectivity index (χ1) is 63.2. The largest absolute Gasteiger partial charge is 0.446 e. The minimum Gasteiger partial charge on any atom is -0.446 e. The van der Waals surface area contributed by atoms with Gasteiger partial charge in [-0.1, -0.05) is 120 Å². The van der Waals surface area contributed by atoms with Gasteiger partial charge in [-0.3, -0.25) is 53.8 Å². The standard InChI is InChI=1S/2C36H39ClN6O3.C29H29ClN6O/c2*37-28-13-14-31-27(21-28)12-11-26-7-5-15-39-33(26)34(31)42-18-19-43(36(45)46-30-9-2-1-3-10-30)32(23-42)35(44)40-29-8-4-6-25(20-29)22-41-17-16-38-24-41;30-23-8-9-25-22(16-23)7-6-21-4-2-10-33-27(21)28(25)36-14-12-32-26(18-36)29(37)34-24-5-1-3-20(15-24)17-35-13-11-31-19-35/h2*4-8,13-17,20-21,24,30,32,34H,1-3,9-12,18-19,22-23H2,(H,40,44);1-5,8-11,13,15-16,19,26,28,32H,6-7,12,14,17-18H2,(H,34,37)/t32?,34-;;/m1../s1. The van der Waals surface area contributed by atoms with Crippen LogP contribution in [0.4, 0.5) is 26.7 Å². The van der Waals surface area contributed by atoms with E-state index in [1.165, 1.54) is 51.8 Å². The lowest BCUT2D eigenvalue weighted by Gasteiger charge is -2.43. The summed E-state index contributed by atoms with van der Waals surface area (Å²) >= 11 is 19.3. The van der Waals surface area contributed by atoms with Gasteiger partial charge >= 0.3 is 12.2 Å². The first kappa shape index (κ1) is 87.7. The van der Waals surface area contributed by atoms with Crippen LogP contribution in [0.3, 0.4) is 0 Å². The van der Waals surface area contributed by atoms with Crippen LogP contribution < -0.4 is 21.3 Å². The summed E-state index contributed by atoms with van der Waals surface area (Å²) in [6.07, 6.45) is 36.2. The smallest absolute Gasteiger partial charge is 0.410 e. The molecule has 0 radical (unpaired) electrons. The number of anilines is 3. The highest BCUT2D eigenvalue weighted by atomic mass is 35.5.